The van der Waals surface area contributed by atoms with Crippen LogP contribution in [0.1, 0.15) is 44.1 Å². The Hall–Kier alpha value is -3.45. The van der Waals surface area contributed by atoms with Crippen molar-refractivity contribution in [2.24, 2.45) is 11.3 Å². The van der Waals surface area contributed by atoms with E-state index in [0.29, 0.717) is 28.0 Å². The van der Waals surface area contributed by atoms with Gasteiger partial charge in [-0.3, -0.25) is 9.69 Å². The number of halogens is 2. The van der Waals surface area contributed by atoms with E-state index in [1.807, 2.05) is 18.2 Å². The molecule has 10 nitrogen and oxygen atoms in total. The van der Waals surface area contributed by atoms with Crippen LogP contribution in [0.25, 0.3) is 0 Å². The zero-order valence-corrected chi connectivity index (χ0v) is 23.5. The second-order valence-corrected chi connectivity index (χ2v) is 12.4. The molecule has 13 heteroatoms. The van der Waals surface area contributed by atoms with E-state index in [-0.39, 0.29) is 17.7 Å². The largest absolute Gasteiger partial charge is 0.435 e. The number of hydrogen-bond acceptors (Lipinski definition) is 10. The number of ether oxygens (including phenoxy) is 1. The maximum atomic E-state index is 12.8. The number of hydrogen-bond donors (Lipinski definition) is 2. The zero-order chi connectivity index (χ0) is 28.2. The third-order valence-electron chi connectivity index (χ3n) is 8.36. The quantitative estimate of drug-likeness (QED) is 0.352. The van der Waals surface area contributed by atoms with Gasteiger partial charge in [0.15, 0.2) is 5.82 Å². The van der Waals surface area contributed by atoms with Crippen LogP contribution in [0, 0.1) is 11.3 Å². The molecule has 1 spiro atoms. The predicted molar refractivity (Wildman–Crippen MR) is 152 cm³/mol. The second kappa shape index (κ2) is 12.2. The van der Waals surface area contributed by atoms with Crippen LogP contribution in [0.4, 0.5) is 24.9 Å². The van der Waals surface area contributed by atoms with Gasteiger partial charge in [-0.15, -0.1) is 15.3 Å². The molecule has 2 N–H and O–H groups in total. The minimum absolute atomic E-state index is 0.00974. The lowest BCUT2D eigenvalue weighted by Crippen LogP contribution is -2.56. The van der Waals surface area contributed by atoms with E-state index in [4.69, 9.17) is 0 Å². The van der Waals surface area contributed by atoms with Crippen LogP contribution < -0.4 is 20.3 Å². The van der Waals surface area contributed by atoms with Crippen molar-refractivity contribution in [1.29, 1.82) is 0 Å². The van der Waals surface area contributed by atoms with Gasteiger partial charge in [0.1, 0.15) is 5.75 Å². The lowest BCUT2D eigenvalue weighted by atomic mass is 9.65. The average molecular weight is 585 g/mol. The molecule has 3 fully saturated rings. The molecule has 6 rings (SSSR count). The first kappa shape index (κ1) is 27.7. The van der Waals surface area contributed by atoms with Gasteiger partial charge in [0.25, 0.3) is 0 Å². The highest BCUT2D eigenvalue weighted by molar-refractivity contribution is 7.19. The molecule has 4 heterocycles. The summed E-state index contributed by atoms with van der Waals surface area (Å²) < 4.78 is 29.5. The van der Waals surface area contributed by atoms with Gasteiger partial charge >= 0.3 is 6.61 Å². The summed E-state index contributed by atoms with van der Waals surface area (Å²) in [4.78, 5) is 17.3. The molecule has 41 heavy (non-hydrogen) atoms. The van der Waals surface area contributed by atoms with Gasteiger partial charge in [0, 0.05) is 51.4 Å². The summed E-state index contributed by atoms with van der Waals surface area (Å²) in [6.45, 7) is 1.63. The van der Waals surface area contributed by atoms with E-state index in [9.17, 15) is 13.6 Å². The average Bonchev–Trinajstić information content (AvgIpc) is 3.59. The lowest BCUT2D eigenvalue weighted by Gasteiger charge is -2.53. The van der Waals surface area contributed by atoms with Crippen molar-refractivity contribution in [3.63, 3.8) is 0 Å². The maximum Gasteiger partial charge on any atom is 0.387 e. The molecule has 0 bridgehead atoms. The molecule has 2 aliphatic heterocycles. The molecule has 1 aromatic carbocycles. The highest BCUT2D eigenvalue weighted by Gasteiger charge is 2.45. The van der Waals surface area contributed by atoms with Gasteiger partial charge in [-0.05, 0) is 73.3 Å². The third-order valence-corrected chi connectivity index (χ3v) is 9.13. The van der Waals surface area contributed by atoms with Crippen molar-refractivity contribution >= 4 is 33.3 Å². The molecule has 218 valence electrons. The van der Waals surface area contributed by atoms with Gasteiger partial charge in [-0.1, -0.05) is 23.5 Å². The Bertz CT molecular complexity index is 1310. The van der Waals surface area contributed by atoms with Crippen molar-refractivity contribution in [3.8, 4) is 5.75 Å². The molecule has 1 amide bonds. The second-order valence-electron chi connectivity index (χ2n) is 11.4. The van der Waals surface area contributed by atoms with Gasteiger partial charge in [-0.25, -0.2) is 0 Å². The van der Waals surface area contributed by atoms with Gasteiger partial charge in [-0.2, -0.15) is 13.9 Å². The van der Waals surface area contributed by atoms with Gasteiger partial charge in [0.05, 0.1) is 0 Å². The van der Waals surface area contributed by atoms with Crippen LogP contribution in [0.15, 0.2) is 42.6 Å². The summed E-state index contributed by atoms with van der Waals surface area (Å²) in [7, 11) is 0. The molecule has 0 unspecified atom stereocenters. The van der Waals surface area contributed by atoms with Crippen molar-refractivity contribution in [1.82, 2.24) is 25.3 Å². The number of likely N-dealkylation sites (tertiary alicyclic amines) is 1. The highest BCUT2D eigenvalue weighted by Crippen LogP contribution is 2.46. The number of benzene rings is 1. The number of anilines is 3. The number of nitrogens with one attached hydrogen (secondary N) is 2. The fourth-order valence-corrected chi connectivity index (χ4v) is 7.13. The number of nitrogens with zero attached hydrogens (tertiary/aromatic N) is 6. The van der Waals surface area contributed by atoms with Crippen LogP contribution in [-0.2, 0) is 11.3 Å². The molecule has 1 saturated carbocycles. The molecular weight excluding hydrogens is 550 g/mol. The molecule has 0 radical (unpaired) electrons. The van der Waals surface area contributed by atoms with Crippen molar-refractivity contribution in [2.75, 3.05) is 41.7 Å². The van der Waals surface area contributed by atoms with E-state index >= 15 is 0 Å². The molecule has 2 aromatic heterocycles. The summed E-state index contributed by atoms with van der Waals surface area (Å²) in [5.74, 6) is 1.43. The lowest BCUT2D eigenvalue weighted by molar-refractivity contribution is -0.118. The predicted octanol–water partition coefficient (Wildman–Crippen LogP) is 4.64. The molecular formula is C28H34F2N8O2S. The topological polar surface area (TPSA) is 108 Å². The maximum absolute atomic E-state index is 12.8. The molecule has 2 saturated heterocycles. The number of rotatable bonds is 10. The van der Waals surface area contributed by atoms with Crippen molar-refractivity contribution in [3.05, 3.63) is 48.2 Å². The summed E-state index contributed by atoms with van der Waals surface area (Å²) in [6, 6.07) is 11.0. The van der Waals surface area contributed by atoms with Crippen LogP contribution in [0.5, 0.6) is 5.75 Å². The van der Waals surface area contributed by atoms with E-state index in [1.54, 1.807) is 24.4 Å². The zero-order valence-electron chi connectivity index (χ0n) is 22.7. The third kappa shape index (κ3) is 7.07. The van der Waals surface area contributed by atoms with Gasteiger partial charge < -0.3 is 20.3 Å². The van der Waals surface area contributed by atoms with Crippen LogP contribution >= 0.6 is 11.3 Å². The first-order chi connectivity index (χ1) is 19.9. The van der Waals surface area contributed by atoms with E-state index in [2.05, 4.69) is 45.6 Å². The first-order valence-corrected chi connectivity index (χ1v) is 14.9. The van der Waals surface area contributed by atoms with Crippen LogP contribution in [0.2, 0.25) is 0 Å². The number of alkyl halides is 2. The molecule has 1 atom stereocenters. The fraction of sp³-hybridized carbons (Fsp3) is 0.536. The highest BCUT2D eigenvalue weighted by atomic mass is 32.1. The Morgan fingerprint density at radius 3 is 2.71 bits per heavy atom. The normalized spacial score (nSPS) is 20.8. The SMILES string of the molecule is O=C(CC1CCC2(CC1)CN(Cc1cccc(OC(F)F)c1)C2)Nc1nnc(N[C@@H]2CCN(c3cccnn3)C2)s1. The Morgan fingerprint density at radius 2 is 1.93 bits per heavy atom. The number of aromatic nitrogens is 4. The molecule has 3 aliphatic rings. The number of carbonyl (C=O) groups excluding carboxylic acids is 1. The summed E-state index contributed by atoms with van der Waals surface area (Å²) in [5.41, 5.74) is 1.29. The summed E-state index contributed by atoms with van der Waals surface area (Å²) in [6.07, 6.45) is 7.41. The van der Waals surface area contributed by atoms with Gasteiger partial charge in [0.2, 0.25) is 16.2 Å². The molecule has 1 aliphatic carbocycles. The van der Waals surface area contributed by atoms with Crippen LogP contribution in [-0.4, -0.2) is 70.0 Å². The first-order valence-electron chi connectivity index (χ1n) is 14.1. The minimum atomic E-state index is -2.81. The van der Waals surface area contributed by atoms with E-state index in [1.165, 1.54) is 11.3 Å². The standard InChI is InChI=1S/C28H34F2N8O2S/c29-25(30)40-22-4-1-3-20(13-22)15-37-17-28(18-37)9-6-19(7-10-28)14-24(39)33-27-36-35-26(41-27)32-21-8-12-38(16-21)23-5-2-11-31-34-23/h1-5,11,13,19,21,25H,6-10,12,14-18H2,(H,32,35)(H,33,36,39)/t21-/m1/s1. The van der Waals surface area contributed by atoms with Crippen molar-refractivity contribution < 1.29 is 18.3 Å². The summed E-state index contributed by atoms with van der Waals surface area (Å²) in [5, 5.41) is 24.1. The summed E-state index contributed by atoms with van der Waals surface area (Å²) >= 11 is 1.36. The molecule has 3 aromatic rings. The van der Waals surface area contributed by atoms with Crippen LogP contribution in [0.3, 0.4) is 0 Å². The fourth-order valence-electron chi connectivity index (χ4n) is 6.39. The Balaban J connectivity index is 0.899. The Kier molecular flexibility index (Phi) is 8.24. The number of amides is 1. The van der Waals surface area contributed by atoms with E-state index in [0.717, 1.165) is 76.2 Å². The minimum Gasteiger partial charge on any atom is -0.435 e. The smallest absolute Gasteiger partial charge is 0.387 e. The Morgan fingerprint density at radius 1 is 1.10 bits per heavy atom. The van der Waals surface area contributed by atoms with E-state index < -0.39 is 6.61 Å². The Labute approximate surface area is 241 Å². The monoisotopic (exact) mass is 584 g/mol. The van der Waals surface area contributed by atoms with Crippen molar-refractivity contribution in [2.45, 2.75) is 57.7 Å². The number of carbonyl (C=O) groups is 1.